The lowest BCUT2D eigenvalue weighted by molar-refractivity contribution is -0.118. The summed E-state index contributed by atoms with van der Waals surface area (Å²) in [5.41, 5.74) is 0.611. The Hall–Kier alpha value is -3.70. The van der Waals surface area contributed by atoms with E-state index in [1.165, 1.54) is 7.11 Å². The molecule has 0 fully saturated rings. The zero-order chi connectivity index (χ0) is 21.1. The highest BCUT2D eigenvalue weighted by Gasteiger charge is 2.27. The number of rotatable bonds is 6. The van der Waals surface area contributed by atoms with Crippen molar-refractivity contribution in [2.75, 3.05) is 19.0 Å². The summed E-state index contributed by atoms with van der Waals surface area (Å²) in [5, 5.41) is 9.31. The standard InChI is InChI=1S/C17H10F5N3O4/c1-27-8-4-2-7(3-5-8)15-17(25-29-24-15)23-9(26)6-28-16-13(21)11(19)10(18)12(20)14(16)22/h2-5H,6H2,1H3,(H,23,25,26). The van der Waals surface area contributed by atoms with Crippen LogP contribution in [0.15, 0.2) is 28.9 Å². The first kappa shape index (κ1) is 20.0. The van der Waals surface area contributed by atoms with E-state index < -0.39 is 47.3 Å². The molecular weight excluding hydrogens is 405 g/mol. The minimum atomic E-state index is -2.34. The number of halogens is 5. The number of aromatic nitrogens is 2. The minimum absolute atomic E-state index is 0.122. The molecule has 0 unspecified atom stereocenters. The third-order valence-electron chi connectivity index (χ3n) is 3.63. The van der Waals surface area contributed by atoms with Crippen molar-refractivity contribution in [3.05, 3.63) is 53.4 Å². The van der Waals surface area contributed by atoms with Gasteiger partial charge in [-0.25, -0.2) is 17.8 Å². The molecule has 0 bridgehead atoms. The number of nitrogens with one attached hydrogen (secondary N) is 1. The Balaban J connectivity index is 1.72. The van der Waals surface area contributed by atoms with Gasteiger partial charge in [-0.2, -0.15) is 8.78 Å². The van der Waals surface area contributed by atoms with Gasteiger partial charge in [0.1, 0.15) is 5.75 Å². The second-order valence-electron chi connectivity index (χ2n) is 5.43. The summed E-state index contributed by atoms with van der Waals surface area (Å²) >= 11 is 0. The average molecular weight is 415 g/mol. The molecule has 29 heavy (non-hydrogen) atoms. The normalized spacial score (nSPS) is 10.7. The molecule has 2 aromatic carbocycles. The number of amides is 1. The number of hydrogen-bond donors (Lipinski definition) is 1. The molecule has 0 aliphatic rings. The van der Waals surface area contributed by atoms with E-state index in [1.807, 2.05) is 0 Å². The fourth-order valence-corrected chi connectivity index (χ4v) is 2.23. The Labute approximate surface area is 159 Å². The summed E-state index contributed by atoms with van der Waals surface area (Å²) in [6.07, 6.45) is 0. The average Bonchev–Trinajstić information content (AvgIpc) is 3.18. The third-order valence-corrected chi connectivity index (χ3v) is 3.63. The van der Waals surface area contributed by atoms with Crippen molar-refractivity contribution in [1.29, 1.82) is 0 Å². The van der Waals surface area contributed by atoms with Gasteiger partial charge in [0.25, 0.3) is 5.91 Å². The van der Waals surface area contributed by atoms with Gasteiger partial charge in [0.15, 0.2) is 18.1 Å². The highest BCUT2D eigenvalue weighted by Crippen LogP contribution is 2.29. The molecule has 0 saturated heterocycles. The van der Waals surface area contributed by atoms with Crippen molar-refractivity contribution in [1.82, 2.24) is 10.3 Å². The number of nitrogens with zero attached hydrogens (tertiary/aromatic N) is 2. The number of carbonyl (C=O) groups excluding carboxylic acids is 1. The zero-order valence-electron chi connectivity index (χ0n) is 14.4. The number of methoxy groups -OCH3 is 1. The van der Waals surface area contributed by atoms with E-state index in [2.05, 4.69) is 25.0 Å². The molecule has 3 rings (SSSR count). The Morgan fingerprint density at radius 1 is 0.966 bits per heavy atom. The first-order valence-corrected chi connectivity index (χ1v) is 7.74. The van der Waals surface area contributed by atoms with E-state index >= 15 is 0 Å². The fraction of sp³-hybridized carbons (Fsp3) is 0.118. The number of ether oxygens (including phenoxy) is 2. The van der Waals surface area contributed by atoms with E-state index in [4.69, 9.17) is 4.74 Å². The summed E-state index contributed by atoms with van der Waals surface area (Å²) in [5.74, 6) is -13.3. The molecule has 1 amide bonds. The van der Waals surface area contributed by atoms with Crippen molar-refractivity contribution in [3.63, 3.8) is 0 Å². The molecule has 0 radical (unpaired) electrons. The summed E-state index contributed by atoms with van der Waals surface area (Å²) in [4.78, 5) is 12.0. The van der Waals surface area contributed by atoms with Crippen LogP contribution in [0.5, 0.6) is 11.5 Å². The molecule has 1 N–H and O–H groups in total. The van der Waals surface area contributed by atoms with Gasteiger partial charge in [-0.1, -0.05) is 0 Å². The van der Waals surface area contributed by atoms with Crippen LogP contribution in [0.1, 0.15) is 0 Å². The van der Waals surface area contributed by atoms with E-state index in [1.54, 1.807) is 24.3 Å². The lowest BCUT2D eigenvalue weighted by Crippen LogP contribution is -2.22. The molecule has 1 heterocycles. The maximum absolute atomic E-state index is 13.6. The maximum atomic E-state index is 13.6. The van der Waals surface area contributed by atoms with Gasteiger partial charge >= 0.3 is 0 Å². The van der Waals surface area contributed by atoms with Crippen LogP contribution in [0.4, 0.5) is 27.8 Å². The molecule has 0 atom stereocenters. The predicted octanol–water partition coefficient (Wildman–Crippen LogP) is 3.46. The van der Waals surface area contributed by atoms with Gasteiger partial charge < -0.3 is 14.8 Å². The second-order valence-corrected chi connectivity index (χ2v) is 5.43. The highest BCUT2D eigenvalue weighted by molar-refractivity contribution is 5.94. The van der Waals surface area contributed by atoms with Crippen LogP contribution in [0.25, 0.3) is 11.3 Å². The van der Waals surface area contributed by atoms with E-state index in [9.17, 15) is 26.7 Å². The van der Waals surface area contributed by atoms with Crippen LogP contribution in [0, 0.1) is 29.1 Å². The smallest absolute Gasteiger partial charge is 0.263 e. The predicted molar refractivity (Wildman–Crippen MR) is 86.6 cm³/mol. The number of benzene rings is 2. The number of carbonyl (C=O) groups is 1. The molecule has 12 heteroatoms. The van der Waals surface area contributed by atoms with Crippen molar-refractivity contribution in [3.8, 4) is 22.8 Å². The van der Waals surface area contributed by atoms with E-state index in [0.29, 0.717) is 11.3 Å². The van der Waals surface area contributed by atoms with Gasteiger partial charge in [0.05, 0.1) is 7.11 Å². The number of anilines is 1. The second kappa shape index (κ2) is 8.12. The largest absolute Gasteiger partial charge is 0.497 e. The van der Waals surface area contributed by atoms with Crippen molar-refractivity contribution >= 4 is 11.7 Å². The van der Waals surface area contributed by atoms with Gasteiger partial charge in [-0.05, 0) is 34.6 Å². The Morgan fingerprint density at radius 2 is 1.55 bits per heavy atom. The fourth-order valence-electron chi connectivity index (χ4n) is 2.23. The molecule has 1 aromatic heterocycles. The lowest BCUT2D eigenvalue weighted by Gasteiger charge is -2.10. The molecule has 0 saturated carbocycles. The van der Waals surface area contributed by atoms with Gasteiger partial charge in [-0.15, -0.1) is 0 Å². The van der Waals surface area contributed by atoms with Crippen LogP contribution < -0.4 is 14.8 Å². The van der Waals surface area contributed by atoms with E-state index in [-0.39, 0.29) is 11.5 Å². The van der Waals surface area contributed by atoms with Crippen LogP contribution in [0.3, 0.4) is 0 Å². The highest BCUT2D eigenvalue weighted by atomic mass is 19.2. The zero-order valence-corrected chi connectivity index (χ0v) is 14.4. The maximum Gasteiger partial charge on any atom is 0.263 e. The topological polar surface area (TPSA) is 86.5 Å². The molecule has 0 aliphatic carbocycles. The van der Waals surface area contributed by atoms with Crippen LogP contribution >= 0.6 is 0 Å². The summed E-state index contributed by atoms with van der Waals surface area (Å²) < 4.78 is 80.4. The Morgan fingerprint density at radius 3 is 2.14 bits per heavy atom. The number of hydrogen-bond acceptors (Lipinski definition) is 6. The summed E-state index contributed by atoms with van der Waals surface area (Å²) in [7, 11) is 1.48. The van der Waals surface area contributed by atoms with Crippen LogP contribution in [-0.2, 0) is 4.79 Å². The molecule has 7 nitrogen and oxygen atoms in total. The molecular formula is C17H10F5N3O4. The summed E-state index contributed by atoms with van der Waals surface area (Å²) in [6, 6.07) is 6.42. The van der Waals surface area contributed by atoms with Crippen molar-refractivity contribution in [2.24, 2.45) is 0 Å². The van der Waals surface area contributed by atoms with Gasteiger partial charge in [0, 0.05) is 5.56 Å². The molecule has 3 aromatic rings. The molecule has 0 spiro atoms. The van der Waals surface area contributed by atoms with E-state index in [0.717, 1.165) is 0 Å². The third kappa shape index (κ3) is 3.95. The molecule has 152 valence electrons. The Bertz CT molecular complexity index is 1030. The SMILES string of the molecule is COc1ccc(-c2nonc2NC(=O)COc2c(F)c(F)c(F)c(F)c2F)cc1. The van der Waals surface area contributed by atoms with Crippen LogP contribution in [0.2, 0.25) is 0 Å². The van der Waals surface area contributed by atoms with Crippen LogP contribution in [-0.4, -0.2) is 29.9 Å². The van der Waals surface area contributed by atoms with Crippen molar-refractivity contribution in [2.45, 2.75) is 0 Å². The first-order valence-electron chi connectivity index (χ1n) is 7.74. The summed E-state index contributed by atoms with van der Waals surface area (Å²) in [6.45, 7) is -1.08. The minimum Gasteiger partial charge on any atom is -0.497 e. The Kier molecular flexibility index (Phi) is 5.61. The first-order chi connectivity index (χ1) is 13.8. The molecule has 0 aliphatic heterocycles. The quantitative estimate of drug-likeness (QED) is 0.377. The van der Waals surface area contributed by atoms with Gasteiger partial charge in [-0.3, -0.25) is 4.79 Å². The lowest BCUT2D eigenvalue weighted by atomic mass is 10.1. The van der Waals surface area contributed by atoms with Crippen molar-refractivity contribution < 1.29 is 40.8 Å². The monoisotopic (exact) mass is 415 g/mol. The van der Waals surface area contributed by atoms with Gasteiger partial charge in [0.2, 0.25) is 34.9 Å².